The second-order valence-electron chi connectivity index (χ2n) is 5.61. The lowest BCUT2D eigenvalue weighted by Crippen LogP contribution is -2.12. The molecule has 1 N–H and O–H groups in total. The lowest BCUT2D eigenvalue weighted by Gasteiger charge is -2.07. The monoisotopic (exact) mass is 341 g/mol. The molecule has 0 aromatic heterocycles. The summed E-state index contributed by atoms with van der Waals surface area (Å²) >= 11 is 0. The molecule has 0 saturated carbocycles. The highest BCUT2D eigenvalue weighted by Crippen LogP contribution is 2.14. The van der Waals surface area contributed by atoms with Crippen LogP contribution in [-0.2, 0) is 16.0 Å². The molecule has 5 nitrogen and oxygen atoms in total. The van der Waals surface area contributed by atoms with E-state index in [0.29, 0.717) is 30.7 Å². The number of ether oxygens (including phenoxy) is 2. The lowest BCUT2D eigenvalue weighted by atomic mass is 10.1. The molecule has 0 fully saturated rings. The highest BCUT2D eigenvalue weighted by molar-refractivity contribution is 5.93. The van der Waals surface area contributed by atoms with Gasteiger partial charge in [0, 0.05) is 12.1 Å². The van der Waals surface area contributed by atoms with Gasteiger partial charge in [0.15, 0.2) is 0 Å². The van der Waals surface area contributed by atoms with Crippen LogP contribution in [-0.4, -0.2) is 25.6 Å². The number of benzene rings is 2. The van der Waals surface area contributed by atoms with Crippen molar-refractivity contribution in [3.05, 3.63) is 59.7 Å². The molecule has 0 heterocycles. The summed E-state index contributed by atoms with van der Waals surface area (Å²) in [4.78, 5) is 23.8. The van der Waals surface area contributed by atoms with Crippen molar-refractivity contribution < 1.29 is 19.1 Å². The Balaban J connectivity index is 1.82. The van der Waals surface area contributed by atoms with Crippen molar-refractivity contribution in [2.24, 2.45) is 0 Å². The number of amides is 1. The van der Waals surface area contributed by atoms with Crippen LogP contribution in [0.5, 0.6) is 5.75 Å². The van der Waals surface area contributed by atoms with Gasteiger partial charge in [-0.05, 0) is 54.8 Å². The second kappa shape index (κ2) is 9.47. The zero-order chi connectivity index (χ0) is 18.1. The first kappa shape index (κ1) is 18.5. The van der Waals surface area contributed by atoms with E-state index in [-0.39, 0.29) is 11.9 Å². The van der Waals surface area contributed by atoms with Crippen LogP contribution in [0.3, 0.4) is 0 Å². The van der Waals surface area contributed by atoms with Gasteiger partial charge in [-0.25, -0.2) is 4.79 Å². The quantitative estimate of drug-likeness (QED) is 0.741. The van der Waals surface area contributed by atoms with E-state index in [0.717, 1.165) is 17.7 Å². The molecule has 132 valence electrons. The smallest absolute Gasteiger partial charge is 0.338 e. The predicted octanol–water partition coefficient (Wildman–Crippen LogP) is 3.83. The van der Waals surface area contributed by atoms with E-state index in [4.69, 9.17) is 9.47 Å². The number of rotatable bonds is 8. The Hall–Kier alpha value is -2.82. The van der Waals surface area contributed by atoms with Crippen molar-refractivity contribution in [1.82, 2.24) is 0 Å². The first-order chi connectivity index (χ1) is 12.1. The number of methoxy groups -OCH3 is 1. The number of anilines is 1. The molecule has 0 aliphatic rings. The molecule has 0 spiro atoms. The van der Waals surface area contributed by atoms with Crippen LogP contribution in [0.25, 0.3) is 0 Å². The molecule has 0 atom stereocenters. The summed E-state index contributed by atoms with van der Waals surface area (Å²) in [5.41, 5.74) is 2.21. The van der Waals surface area contributed by atoms with Gasteiger partial charge in [0.25, 0.3) is 0 Å². The van der Waals surface area contributed by atoms with Crippen molar-refractivity contribution in [1.29, 1.82) is 0 Å². The molecule has 2 aromatic carbocycles. The number of nitrogens with one attached hydrogen (secondary N) is 1. The van der Waals surface area contributed by atoms with Crippen LogP contribution in [0.4, 0.5) is 5.69 Å². The summed E-state index contributed by atoms with van der Waals surface area (Å²) in [6.45, 7) is 2.35. The third kappa shape index (κ3) is 5.95. The zero-order valence-corrected chi connectivity index (χ0v) is 14.6. The predicted molar refractivity (Wildman–Crippen MR) is 97.0 cm³/mol. The van der Waals surface area contributed by atoms with Gasteiger partial charge >= 0.3 is 5.97 Å². The standard InChI is InChI=1S/C20H23NO4/c1-3-14-25-20(23)16-7-9-17(10-8-16)21-19(22)13-6-15-4-11-18(24-2)12-5-15/h4-5,7-12H,3,6,13-14H2,1-2H3,(H,21,22). The fraction of sp³-hybridized carbons (Fsp3) is 0.300. The maximum Gasteiger partial charge on any atom is 0.338 e. The highest BCUT2D eigenvalue weighted by Gasteiger charge is 2.08. The molecule has 2 rings (SSSR count). The number of carbonyl (C=O) groups is 2. The highest BCUT2D eigenvalue weighted by atomic mass is 16.5. The van der Waals surface area contributed by atoms with E-state index in [1.807, 2.05) is 31.2 Å². The normalized spacial score (nSPS) is 10.2. The van der Waals surface area contributed by atoms with Crippen LogP contribution >= 0.6 is 0 Å². The van der Waals surface area contributed by atoms with Crippen molar-refractivity contribution in [3.8, 4) is 5.75 Å². The van der Waals surface area contributed by atoms with Crippen LogP contribution in [0.1, 0.15) is 35.7 Å². The fourth-order valence-electron chi connectivity index (χ4n) is 2.24. The molecule has 0 saturated heterocycles. The molecule has 0 aliphatic heterocycles. The number of aryl methyl sites for hydroxylation is 1. The Kier molecular flexibility index (Phi) is 7.01. The molecule has 5 heteroatoms. The first-order valence-electron chi connectivity index (χ1n) is 8.32. The van der Waals surface area contributed by atoms with Crippen LogP contribution in [0.15, 0.2) is 48.5 Å². The van der Waals surface area contributed by atoms with E-state index < -0.39 is 0 Å². The van der Waals surface area contributed by atoms with Crippen LogP contribution in [0.2, 0.25) is 0 Å². The molecular formula is C20H23NO4. The summed E-state index contributed by atoms with van der Waals surface area (Å²) in [6, 6.07) is 14.4. The summed E-state index contributed by atoms with van der Waals surface area (Å²) in [5, 5.41) is 2.83. The van der Waals surface area contributed by atoms with Gasteiger partial charge in [-0.2, -0.15) is 0 Å². The summed E-state index contributed by atoms with van der Waals surface area (Å²) in [7, 11) is 1.62. The summed E-state index contributed by atoms with van der Waals surface area (Å²) in [6.07, 6.45) is 1.82. The zero-order valence-electron chi connectivity index (χ0n) is 14.6. The Morgan fingerprint density at radius 3 is 2.28 bits per heavy atom. The fourth-order valence-corrected chi connectivity index (χ4v) is 2.24. The van der Waals surface area contributed by atoms with Crippen molar-refractivity contribution in [2.75, 3.05) is 19.0 Å². The Labute approximate surface area is 148 Å². The number of carbonyl (C=O) groups excluding carboxylic acids is 2. The second-order valence-corrected chi connectivity index (χ2v) is 5.61. The minimum atomic E-state index is -0.348. The van der Waals surface area contributed by atoms with Gasteiger partial charge in [-0.1, -0.05) is 19.1 Å². The topological polar surface area (TPSA) is 64.6 Å². The first-order valence-corrected chi connectivity index (χ1v) is 8.32. The summed E-state index contributed by atoms with van der Waals surface area (Å²) < 4.78 is 10.2. The number of esters is 1. The third-order valence-corrected chi connectivity index (χ3v) is 3.64. The van der Waals surface area contributed by atoms with Gasteiger partial charge in [0.1, 0.15) is 5.75 Å². The molecule has 0 bridgehead atoms. The SMILES string of the molecule is CCCOC(=O)c1ccc(NC(=O)CCc2ccc(OC)cc2)cc1. The van der Waals surface area contributed by atoms with E-state index >= 15 is 0 Å². The van der Waals surface area contributed by atoms with Crippen molar-refractivity contribution >= 4 is 17.6 Å². The van der Waals surface area contributed by atoms with Crippen LogP contribution < -0.4 is 10.1 Å². The largest absolute Gasteiger partial charge is 0.497 e. The minimum absolute atomic E-state index is 0.0721. The molecule has 1 amide bonds. The van der Waals surface area contributed by atoms with Gasteiger partial charge in [-0.15, -0.1) is 0 Å². The minimum Gasteiger partial charge on any atom is -0.497 e. The van der Waals surface area contributed by atoms with E-state index in [2.05, 4.69) is 5.32 Å². The molecule has 0 aliphatic carbocycles. The van der Waals surface area contributed by atoms with E-state index in [9.17, 15) is 9.59 Å². The van der Waals surface area contributed by atoms with Gasteiger partial charge in [0.05, 0.1) is 19.3 Å². The Bertz CT molecular complexity index is 693. The maximum atomic E-state index is 12.0. The molecule has 0 radical (unpaired) electrons. The molecular weight excluding hydrogens is 318 g/mol. The molecule has 2 aromatic rings. The molecule has 25 heavy (non-hydrogen) atoms. The van der Waals surface area contributed by atoms with Gasteiger partial charge < -0.3 is 14.8 Å². The van der Waals surface area contributed by atoms with Crippen LogP contribution in [0, 0.1) is 0 Å². The van der Waals surface area contributed by atoms with E-state index in [1.54, 1.807) is 31.4 Å². The van der Waals surface area contributed by atoms with Crippen molar-refractivity contribution in [3.63, 3.8) is 0 Å². The average Bonchev–Trinajstić information content (AvgIpc) is 2.65. The van der Waals surface area contributed by atoms with Gasteiger partial charge in [-0.3, -0.25) is 4.79 Å². The Morgan fingerprint density at radius 2 is 1.68 bits per heavy atom. The third-order valence-electron chi connectivity index (χ3n) is 3.64. The average molecular weight is 341 g/mol. The Morgan fingerprint density at radius 1 is 1.00 bits per heavy atom. The number of hydrogen-bond acceptors (Lipinski definition) is 4. The van der Waals surface area contributed by atoms with Gasteiger partial charge in [0.2, 0.25) is 5.91 Å². The van der Waals surface area contributed by atoms with Crippen molar-refractivity contribution in [2.45, 2.75) is 26.2 Å². The number of hydrogen-bond donors (Lipinski definition) is 1. The maximum absolute atomic E-state index is 12.0. The van der Waals surface area contributed by atoms with E-state index in [1.165, 1.54) is 0 Å². The summed E-state index contributed by atoms with van der Waals surface area (Å²) in [5.74, 6) is 0.377. The molecule has 0 unspecified atom stereocenters. The lowest BCUT2D eigenvalue weighted by molar-refractivity contribution is -0.116.